The molecule has 2 heterocycles. The number of esters is 1. The maximum absolute atomic E-state index is 13.3. The predicted octanol–water partition coefficient (Wildman–Crippen LogP) is 4.27. The van der Waals surface area contributed by atoms with Crippen LogP contribution in [-0.2, 0) is 20.9 Å². The number of Topliss-reactive ketones (excluding diaryl/α,β-unsaturated/α-hetero) is 1. The number of hydrogen-bond donors (Lipinski definition) is 3. The Bertz CT molecular complexity index is 1010. The number of aliphatic hydroxyl groups is 2. The fourth-order valence-electron chi connectivity index (χ4n) is 5.33. The van der Waals surface area contributed by atoms with Crippen LogP contribution in [0.4, 0.5) is 0 Å². The van der Waals surface area contributed by atoms with Crippen molar-refractivity contribution in [2.45, 2.75) is 92.1 Å². The molecule has 8 heteroatoms. The van der Waals surface area contributed by atoms with Crippen LogP contribution in [0.3, 0.4) is 0 Å². The van der Waals surface area contributed by atoms with Crippen LogP contribution in [0.25, 0.3) is 6.08 Å². The lowest BCUT2D eigenvalue weighted by Gasteiger charge is -2.34. The standard InChI is InChI=1S/C28H42N2O5S/c1-15-7-8-22(16(2)10-20-14-36-24(13-29)30-20)35-25(32)12-23(31)28(5,6)27(34)18(4)26(33)17(3)21-11-19(21)9-15/h7,10,14,17-19,21-23,26,31,33H,8-9,11-13,29H2,1-6H3/b15-7-,16-10?/t17-,18-,19?,21?,22-,23+,26+/m1/s1. The van der Waals surface area contributed by atoms with Crippen LogP contribution in [-0.4, -0.2) is 45.3 Å². The van der Waals surface area contributed by atoms with Crippen LogP contribution >= 0.6 is 11.3 Å². The van der Waals surface area contributed by atoms with E-state index in [1.165, 1.54) is 16.9 Å². The third-order valence-electron chi connectivity index (χ3n) is 8.11. The zero-order chi connectivity index (χ0) is 26.8. The molecule has 0 bridgehead atoms. The van der Waals surface area contributed by atoms with Gasteiger partial charge in [0.1, 0.15) is 16.9 Å². The molecule has 0 radical (unpaired) electrons. The van der Waals surface area contributed by atoms with E-state index in [1.807, 2.05) is 25.3 Å². The van der Waals surface area contributed by atoms with Gasteiger partial charge < -0.3 is 20.7 Å². The molecule has 1 aliphatic carbocycles. The van der Waals surface area contributed by atoms with Gasteiger partial charge in [-0.2, -0.15) is 0 Å². The molecule has 0 aromatic carbocycles. The number of rotatable bonds is 3. The Labute approximate surface area is 218 Å². The summed E-state index contributed by atoms with van der Waals surface area (Å²) < 4.78 is 5.85. The summed E-state index contributed by atoms with van der Waals surface area (Å²) in [6, 6.07) is 0. The summed E-state index contributed by atoms with van der Waals surface area (Å²) in [7, 11) is 0. The lowest BCUT2D eigenvalue weighted by molar-refractivity contribution is -0.154. The number of carbonyl (C=O) groups excluding carboxylic acids is 2. The molecule has 1 aromatic rings. The molecule has 0 spiro atoms. The van der Waals surface area contributed by atoms with Crippen LogP contribution in [0.2, 0.25) is 0 Å². The number of allylic oxidation sites excluding steroid dienone is 1. The van der Waals surface area contributed by atoms with Crippen molar-refractivity contribution in [1.29, 1.82) is 0 Å². The van der Waals surface area contributed by atoms with Gasteiger partial charge in [0.15, 0.2) is 0 Å². The zero-order valence-electron chi connectivity index (χ0n) is 22.4. The Morgan fingerprint density at radius 1 is 1.28 bits per heavy atom. The number of fused-ring (bicyclic) bond motifs is 1. The first kappa shape index (κ1) is 28.7. The van der Waals surface area contributed by atoms with Crippen LogP contribution < -0.4 is 5.73 Å². The fraction of sp³-hybridized carbons (Fsp3) is 0.679. The van der Waals surface area contributed by atoms with Gasteiger partial charge in [-0.05, 0) is 56.1 Å². The highest BCUT2D eigenvalue weighted by Crippen LogP contribution is 2.50. The molecule has 2 unspecified atom stereocenters. The molecule has 1 aliphatic heterocycles. The Hall–Kier alpha value is -1.87. The molecular weight excluding hydrogens is 476 g/mol. The predicted molar refractivity (Wildman–Crippen MR) is 142 cm³/mol. The van der Waals surface area contributed by atoms with E-state index in [4.69, 9.17) is 10.5 Å². The van der Waals surface area contributed by atoms with Gasteiger partial charge in [-0.15, -0.1) is 11.3 Å². The summed E-state index contributed by atoms with van der Waals surface area (Å²) in [6.45, 7) is 11.4. The van der Waals surface area contributed by atoms with E-state index in [2.05, 4.69) is 18.0 Å². The number of nitrogens with zero attached hydrogens (tertiary/aromatic N) is 1. The average molecular weight is 519 g/mol. The third-order valence-corrected chi connectivity index (χ3v) is 9.00. The first-order chi connectivity index (χ1) is 16.8. The quantitative estimate of drug-likeness (QED) is 0.403. The highest BCUT2D eigenvalue weighted by molar-refractivity contribution is 7.09. The first-order valence-corrected chi connectivity index (χ1v) is 13.8. The monoisotopic (exact) mass is 518 g/mol. The number of ether oxygens (including phenoxy) is 1. The van der Waals surface area contributed by atoms with Gasteiger partial charge >= 0.3 is 5.97 Å². The van der Waals surface area contributed by atoms with Crippen molar-refractivity contribution < 1.29 is 24.5 Å². The molecule has 36 heavy (non-hydrogen) atoms. The van der Waals surface area contributed by atoms with Crippen LogP contribution in [0.15, 0.2) is 22.6 Å². The summed E-state index contributed by atoms with van der Waals surface area (Å²) in [5, 5.41) is 24.6. The number of aromatic nitrogens is 1. The maximum atomic E-state index is 13.3. The maximum Gasteiger partial charge on any atom is 0.309 e. The number of ketones is 1. The first-order valence-electron chi connectivity index (χ1n) is 12.9. The molecular formula is C28H42N2O5S. The minimum Gasteiger partial charge on any atom is -0.457 e. The smallest absolute Gasteiger partial charge is 0.309 e. The molecule has 4 N–H and O–H groups in total. The molecule has 1 aromatic heterocycles. The second-order valence-electron chi connectivity index (χ2n) is 11.3. The van der Waals surface area contributed by atoms with Gasteiger partial charge in [0, 0.05) is 24.3 Å². The molecule has 200 valence electrons. The van der Waals surface area contributed by atoms with Crippen molar-refractivity contribution in [3.05, 3.63) is 33.3 Å². The number of thiazole rings is 1. The van der Waals surface area contributed by atoms with E-state index in [0.717, 1.165) is 29.1 Å². The highest BCUT2D eigenvalue weighted by Gasteiger charge is 2.47. The largest absolute Gasteiger partial charge is 0.457 e. The van der Waals surface area contributed by atoms with Crippen molar-refractivity contribution in [2.75, 3.05) is 0 Å². The number of aliphatic hydroxyl groups excluding tert-OH is 2. The molecule has 2 aliphatic rings. The molecule has 7 atom stereocenters. The lowest BCUT2D eigenvalue weighted by atomic mass is 9.72. The minimum atomic E-state index is -1.23. The second-order valence-corrected chi connectivity index (χ2v) is 12.3. The van der Waals surface area contributed by atoms with Crippen molar-refractivity contribution in [2.24, 2.45) is 34.8 Å². The third kappa shape index (κ3) is 6.71. The Morgan fingerprint density at radius 3 is 2.61 bits per heavy atom. The Kier molecular flexibility index (Phi) is 9.30. The summed E-state index contributed by atoms with van der Waals surface area (Å²) in [5.41, 5.74) is 7.33. The fourth-order valence-corrected chi connectivity index (χ4v) is 5.96. The van der Waals surface area contributed by atoms with Crippen molar-refractivity contribution >= 4 is 29.2 Å². The van der Waals surface area contributed by atoms with E-state index < -0.39 is 35.6 Å². The zero-order valence-corrected chi connectivity index (χ0v) is 23.2. The summed E-state index contributed by atoms with van der Waals surface area (Å²) in [5.74, 6) is -0.611. The SMILES string of the molecule is CC(=Cc1csc(CN)n1)[C@H]1C/C=C(/C)CC2CC2[C@@H](C)[C@H](O)[C@@H](C)C(=O)C(C)(C)[C@@H](O)CC(=O)O1. The van der Waals surface area contributed by atoms with E-state index in [-0.39, 0.29) is 18.1 Å². The Morgan fingerprint density at radius 2 is 1.97 bits per heavy atom. The Balaban J connectivity index is 1.88. The second kappa shape index (κ2) is 11.7. The summed E-state index contributed by atoms with van der Waals surface area (Å²) in [6.07, 6.45) is 3.66. The van der Waals surface area contributed by atoms with Gasteiger partial charge in [-0.3, -0.25) is 9.59 Å². The highest BCUT2D eigenvalue weighted by atomic mass is 32.1. The molecule has 3 rings (SSSR count). The number of nitrogens with two attached hydrogens (primary N) is 1. The molecule has 1 fully saturated rings. The van der Waals surface area contributed by atoms with Gasteiger partial charge in [0.2, 0.25) is 0 Å². The number of cyclic esters (lactones) is 1. The molecule has 7 nitrogen and oxygen atoms in total. The minimum absolute atomic E-state index is 0.0120. The van der Waals surface area contributed by atoms with Crippen molar-refractivity contribution in [3.8, 4) is 0 Å². The average Bonchev–Trinajstić information content (AvgIpc) is 3.44. The topological polar surface area (TPSA) is 123 Å². The van der Waals surface area contributed by atoms with E-state index in [9.17, 15) is 19.8 Å². The van der Waals surface area contributed by atoms with Crippen LogP contribution in [0.5, 0.6) is 0 Å². The number of hydrogen-bond acceptors (Lipinski definition) is 8. The van der Waals surface area contributed by atoms with E-state index >= 15 is 0 Å². The van der Waals surface area contributed by atoms with E-state index in [0.29, 0.717) is 24.8 Å². The lowest BCUT2D eigenvalue weighted by Crippen LogP contribution is -2.46. The van der Waals surface area contributed by atoms with Crippen molar-refractivity contribution in [1.82, 2.24) is 4.98 Å². The molecule has 0 amide bonds. The molecule has 1 saturated carbocycles. The normalized spacial score (nSPS) is 36.0. The molecule has 0 saturated heterocycles. The van der Waals surface area contributed by atoms with Gasteiger partial charge in [-0.1, -0.05) is 39.3 Å². The van der Waals surface area contributed by atoms with Crippen molar-refractivity contribution in [3.63, 3.8) is 0 Å². The van der Waals surface area contributed by atoms with Gasteiger partial charge in [0.25, 0.3) is 0 Å². The summed E-state index contributed by atoms with van der Waals surface area (Å²) >= 11 is 1.49. The van der Waals surface area contributed by atoms with Gasteiger partial charge in [0.05, 0.1) is 29.7 Å². The number of carbonyl (C=O) groups is 2. The van der Waals surface area contributed by atoms with Crippen LogP contribution in [0, 0.1) is 29.1 Å². The van der Waals surface area contributed by atoms with E-state index in [1.54, 1.807) is 20.8 Å². The summed E-state index contributed by atoms with van der Waals surface area (Å²) in [4.78, 5) is 30.7. The van der Waals surface area contributed by atoms with Crippen LogP contribution in [0.1, 0.15) is 77.9 Å². The van der Waals surface area contributed by atoms with Gasteiger partial charge in [-0.25, -0.2) is 4.98 Å².